The molecule has 1 aromatic carbocycles. The zero-order valence-electron chi connectivity index (χ0n) is 11.1. The standard InChI is InChI=1S/C15H14N4O.H2/c1-10-4-5-12-13(7-10)18-15(17-12)19-14(20)8-11-3-2-6-16-9-11;/h2-7,9H,8H2,1H3,(H2,17,18,19,20);1H. The van der Waals surface area contributed by atoms with Gasteiger partial charge < -0.3 is 4.98 Å². The molecule has 0 spiro atoms. The van der Waals surface area contributed by atoms with E-state index in [0.717, 1.165) is 22.2 Å². The number of fused-ring (bicyclic) bond motifs is 1. The van der Waals surface area contributed by atoms with Crippen LogP contribution in [0.1, 0.15) is 12.6 Å². The van der Waals surface area contributed by atoms with Crippen LogP contribution >= 0.6 is 0 Å². The smallest absolute Gasteiger partial charge is 0.231 e. The van der Waals surface area contributed by atoms with Gasteiger partial charge in [-0.2, -0.15) is 0 Å². The van der Waals surface area contributed by atoms with Crippen molar-refractivity contribution < 1.29 is 6.22 Å². The lowest BCUT2D eigenvalue weighted by Crippen LogP contribution is -2.15. The molecule has 5 nitrogen and oxygen atoms in total. The fourth-order valence-corrected chi connectivity index (χ4v) is 2.05. The van der Waals surface area contributed by atoms with E-state index < -0.39 is 0 Å². The number of anilines is 1. The maximum Gasteiger partial charge on any atom is 0.231 e. The molecule has 0 radical (unpaired) electrons. The van der Waals surface area contributed by atoms with Gasteiger partial charge in [0.25, 0.3) is 0 Å². The van der Waals surface area contributed by atoms with E-state index in [9.17, 15) is 4.79 Å². The van der Waals surface area contributed by atoms with Gasteiger partial charge in [-0.25, -0.2) is 4.98 Å². The summed E-state index contributed by atoms with van der Waals surface area (Å²) < 4.78 is 0. The number of aromatic amines is 1. The van der Waals surface area contributed by atoms with Crippen molar-refractivity contribution in [2.45, 2.75) is 13.3 Å². The van der Waals surface area contributed by atoms with Crippen LogP contribution in [0.15, 0.2) is 42.7 Å². The Hall–Kier alpha value is -2.69. The Morgan fingerprint density at radius 2 is 2.30 bits per heavy atom. The molecule has 0 saturated carbocycles. The number of carbonyl (C=O) groups is 1. The number of nitrogens with zero attached hydrogens (tertiary/aromatic N) is 2. The highest BCUT2D eigenvalue weighted by Gasteiger charge is 2.08. The first-order valence-electron chi connectivity index (χ1n) is 6.36. The topological polar surface area (TPSA) is 70.7 Å². The number of benzene rings is 1. The van der Waals surface area contributed by atoms with Gasteiger partial charge in [-0.3, -0.25) is 15.1 Å². The molecule has 0 saturated heterocycles. The molecule has 2 heterocycles. The summed E-state index contributed by atoms with van der Waals surface area (Å²) in [6, 6.07) is 9.60. The van der Waals surface area contributed by atoms with Crippen LogP contribution in [0.3, 0.4) is 0 Å². The predicted molar refractivity (Wildman–Crippen MR) is 79.5 cm³/mol. The lowest BCUT2D eigenvalue weighted by molar-refractivity contribution is -0.115. The fourth-order valence-electron chi connectivity index (χ4n) is 2.05. The van der Waals surface area contributed by atoms with Crippen LogP contribution in [0, 0.1) is 6.92 Å². The minimum absolute atomic E-state index is 0. The van der Waals surface area contributed by atoms with Gasteiger partial charge in [0.1, 0.15) is 0 Å². The van der Waals surface area contributed by atoms with Crippen LogP contribution < -0.4 is 5.32 Å². The largest absolute Gasteiger partial charge is 0.324 e. The Balaban J connectivity index is 0.00000161. The lowest BCUT2D eigenvalue weighted by atomic mass is 10.2. The van der Waals surface area contributed by atoms with E-state index in [1.165, 1.54) is 0 Å². The van der Waals surface area contributed by atoms with E-state index in [4.69, 9.17) is 0 Å². The number of nitrogens with one attached hydrogen (secondary N) is 2. The average molecular weight is 268 g/mol. The first kappa shape index (κ1) is 12.3. The Labute approximate surface area is 117 Å². The average Bonchev–Trinajstić information content (AvgIpc) is 2.80. The van der Waals surface area contributed by atoms with Gasteiger partial charge in [0.2, 0.25) is 11.9 Å². The summed E-state index contributed by atoms with van der Waals surface area (Å²) in [5.74, 6) is 0.355. The number of imidazole rings is 1. The molecule has 0 aliphatic carbocycles. The Morgan fingerprint density at radius 1 is 1.40 bits per heavy atom. The van der Waals surface area contributed by atoms with Gasteiger partial charge in [-0.15, -0.1) is 0 Å². The Bertz CT molecular complexity index is 755. The van der Waals surface area contributed by atoms with Crippen LogP contribution in [-0.4, -0.2) is 20.9 Å². The summed E-state index contributed by atoms with van der Waals surface area (Å²) in [5.41, 5.74) is 3.78. The van der Waals surface area contributed by atoms with Gasteiger partial charge >= 0.3 is 0 Å². The van der Waals surface area contributed by atoms with Crippen molar-refractivity contribution in [2.24, 2.45) is 0 Å². The molecule has 0 fully saturated rings. The summed E-state index contributed by atoms with van der Waals surface area (Å²) in [7, 11) is 0. The summed E-state index contributed by atoms with van der Waals surface area (Å²) in [6.07, 6.45) is 3.65. The number of hydrogen-bond donors (Lipinski definition) is 2. The van der Waals surface area contributed by atoms with E-state index in [2.05, 4.69) is 20.3 Å². The number of amides is 1. The maximum atomic E-state index is 11.9. The number of rotatable bonds is 3. The number of carbonyl (C=O) groups excluding carboxylic acids is 1. The second-order valence-corrected chi connectivity index (χ2v) is 4.69. The van der Waals surface area contributed by atoms with E-state index in [0.29, 0.717) is 5.95 Å². The fraction of sp³-hybridized carbons (Fsp3) is 0.133. The molecule has 0 atom stereocenters. The minimum atomic E-state index is -0.117. The van der Waals surface area contributed by atoms with E-state index in [1.54, 1.807) is 12.4 Å². The van der Waals surface area contributed by atoms with E-state index >= 15 is 0 Å². The SMILES string of the molecule is Cc1ccc2nc(NC(=O)Cc3cccnc3)[nH]c2c1.[HH]. The molecule has 20 heavy (non-hydrogen) atoms. The number of H-pyrrole nitrogens is 1. The molecular formula is C15H16N4O. The van der Waals surface area contributed by atoms with Crippen molar-refractivity contribution in [3.05, 3.63) is 53.9 Å². The van der Waals surface area contributed by atoms with Gasteiger partial charge in [0, 0.05) is 13.8 Å². The zero-order chi connectivity index (χ0) is 13.9. The molecule has 0 unspecified atom stereocenters. The number of hydrogen-bond acceptors (Lipinski definition) is 3. The molecular weight excluding hydrogens is 252 g/mol. The second kappa shape index (κ2) is 5.13. The van der Waals surface area contributed by atoms with Crippen molar-refractivity contribution >= 4 is 22.9 Å². The third-order valence-electron chi connectivity index (χ3n) is 2.98. The first-order valence-corrected chi connectivity index (χ1v) is 6.36. The maximum absolute atomic E-state index is 11.9. The third-order valence-corrected chi connectivity index (χ3v) is 2.98. The normalized spacial score (nSPS) is 10.7. The highest BCUT2D eigenvalue weighted by molar-refractivity contribution is 5.92. The first-order chi connectivity index (χ1) is 9.70. The van der Waals surface area contributed by atoms with Crippen LogP contribution in [0.4, 0.5) is 5.95 Å². The summed E-state index contributed by atoms with van der Waals surface area (Å²) in [6.45, 7) is 2.01. The van der Waals surface area contributed by atoms with Crippen molar-refractivity contribution in [1.82, 2.24) is 15.0 Å². The molecule has 0 aliphatic heterocycles. The quantitative estimate of drug-likeness (QED) is 0.767. The molecule has 3 rings (SSSR count). The molecule has 3 aromatic rings. The van der Waals surface area contributed by atoms with Crippen LogP contribution in [0.2, 0.25) is 0 Å². The van der Waals surface area contributed by atoms with Crippen molar-refractivity contribution in [3.8, 4) is 0 Å². The number of aromatic nitrogens is 3. The highest BCUT2D eigenvalue weighted by atomic mass is 16.1. The molecule has 102 valence electrons. The van der Waals surface area contributed by atoms with Crippen LogP contribution in [0.25, 0.3) is 11.0 Å². The Kier molecular flexibility index (Phi) is 3.16. The highest BCUT2D eigenvalue weighted by Crippen LogP contribution is 2.15. The molecule has 0 bridgehead atoms. The van der Waals surface area contributed by atoms with Crippen molar-refractivity contribution in [3.63, 3.8) is 0 Å². The summed E-state index contributed by atoms with van der Waals surface area (Å²) in [5, 5.41) is 2.77. The van der Waals surface area contributed by atoms with Gasteiger partial charge in [-0.1, -0.05) is 12.1 Å². The number of aryl methyl sites for hydroxylation is 1. The van der Waals surface area contributed by atoms with E-state index in [-0.39, 0.29) is 13.8 Å². The van der Waals surface area contributed by atoms with Crippen LogP contribution in [-0.2, 0) is 11.2 Å². The van der Waals surface area contributed by atoms with Crippen LogP contribution in [0.5, 0.6) is 0 Å². The predicted octanol–water partition coefficient (Wildman–Crippen LogP) is 2.69. The minimum Gasteiger partial charge on any atom is -0.324 e. The number of pyridine rings is 1. The second-order valence-electron chi connectivity index (χ2n) is 4.69. The van der Waals surface area contributed by atoms with Gasteiger partial charge in [0.05, 0.1) is 17.5 Å². The summed E-state index contributed by atoms with van der Waals surface area (Å²) in [4.78, 5) is 23.3. The zero-order valence-corrected chi connectivity index (χ0v) is 11.1. The van der Waals surface area contributed by atoms with E-state index in [1.807, 2.05) is 37.3 Å². The molecule has 5 heteroatoms. The van der Waals surface area contributed by atoms with Crippen molar-refractivity contribution in [1.29, 1.82) is 0 Å². The van der Waals surface area contributed by atoms with Crippen molar-refractivity contribution in [2.75, 3.05) is 5.32 Å². The summed E-state index contributed by atoms with van der Waals surface area (Å²) >= 11 is 0. The molecule has 0 aliphatic rings. The third kappa shape index (κ3) is 2.66. The molecule has 1 amide bonds. The molecule has 2 aromatic heterocycles. The van der Waals surface area contributed by atoms with Gasteiger partial charge in [-0.05, 0) is 36.2 Å². The van der Waals surface area contributed by atoms with Gasteiger partial charge in [0.15, 0.2) is 0 Å². The molecule has 2 N–H and O–H groups in total. The Morgan fingerprint density at radius 3 is 3.10 bits per heavy atom. The lowest BCUT2D eigenvalue weighted by Gasteiger charge is -2.01. The monoisotopic (exact) mass is 268 g/mol.